The third-order valence-corrected chi connectivity index (χ3v) is 11.7. The van der Waals surface area contributed by atoms with Gasteiger partial charge in [-0.1, -0.05) is 81.4 Å². The van der Waals surface area contributed by atoms with Gasteiger partial charge in [0.1, 0.15) is 29.3 Å². The number of benzene rings is 3. The number of nitrogens with one attached hydrogen (secondary N) is 1. The van der Waals surface area contributed by atoms with E-state index in [4.69, 9.17) is 13.9 Å². The van der Waals surface area contributed by atoms with Crippen LogP contribution in [-0.4, -0.2) is 33.2 Å². The van der Waals surface area contributed by atoms with Gasteiger partial charge >= 0.3 is 12.3 Å². The van der Waals surface area contributed by atoms with Gasteiger partial charge in [-0.25, -0.2) is 9.18 Å². The lowest BCUT2D eigenvalue weighted by Crippen LogP contribution is -2.66. The minimum Gasteiger partial charge on any atom is -0.490 e. The molecule has 0 radical (unpaired) electrons. The standard InChI is InChI=1S/C32H39F4NO4Si/c1-22(37-29(38)41-30(2,3)4)26-20-23(33)21-27(32(34,35)36)28(26)39-18-19-40-42(31(5,6)7,24-14-10-8-11-15-24)25-16-12-9-13-17-25/h8-17,20-22H,18-19H2,1-7H3,(H,37,38)/t22-/m1/s1. The molecule has 5 nitrogen and oxygen atoms in total. The van der Waals surface area contributed by atoms with Crippen molar-refractivity contribution in [2.24, 2.45) is 0 Å². The number of ether oxygens (including phenoxy) is 2. The van der Waals surface area contributed by atoms with Crippen LogP contribution in [0.15, 0.2) is 72.8 Å². The number of carbonyl (C=O) groups excluding carboxylic acids is 1. The molecule has 0 fully saturated rings. The summed E-state index contributed by atoms with van der Waals surface area (Å²) < 4.78 is 74.4. The lowest BCUT2D eigenvalue weighted by Gasteiger charge is -2.43. The average Bonchev–Trinajstić information content (AvgIpc) is 2.87. The van der Waals surface area contributed by atoms with Gasteiger partial charge in [0.2, 0.25) is 0 Å². The third-order valence-electron chi connectivity index (χ3n) is 6.65. The SMILES string of the molecule is C[C@@H](NC(=O)OC(C)(C)C)c1cc(F)cc(C(F)(F)F)c1OCCO[Si](c1ccccc1)(c1ccccc1)C(C)(C)C. The maximum Gasteiger partial charge on any atom is 0.420 e. The second kappa shape index (κ2) is 12.9. The van der Waals surface area contributed by atoms with Crippen molar-refractivity contribution in [1.29, 1.82) is 0 Å². The lowest BCUT2D eigenvalue weighted by molar-refractivity contribution is -0.139. The van der Waals surface area contributed by atoms with Gasteiger partial charge in [0, 0.05) is 5.56 Å². The molecular weight excluding hydrogens is 566 g/mol. The summed E-state index contributed by atoms with van der Waals surface area (Å²) in [6.45, 7) is 12.4. The van der Waals surface area contributed by atoms with Crippen molar-refractivity contribution in [1.82, 2.24) is 5.32 Å². The van der Waals surface area contributed by atoms with Crippen molar-refractivity contribution >= 4 is 24.8 Å². The highest BCUT2D eigenvalue weighted by Gasteiger charge is 2.50. The minimum atomic E-state index is -4.91. The topological polar surface area (TPSA) is 56.8 Å². The summed E-state index contributed by atoms with van der Waals surface area (Å²) in [6, 6.07) is 19.9. The molecule has 228 valence electrons. The molecule has 10 heteroatoms. The van der Waals surface area contributed by atoms with Crippen molar-refractivity contribution in [3.63, 3.8) is 0 Å². The largest absolute Gasteiger partial charge is 0.490 e. The number of alkyl halides is 3. The Morgan fingerprint density at radius 3 is 1.83 bits per heavy atom. The molecule has 0 saturated heterocycles. The van der Waals surface area contributed by atoms with E-state index in [1.165, 1.54) is 6.92 Å². The number of hydrogen-bond donors (Lipinski definition) is 1. The predicted octanol–water partition coefficient (Wildman–Crippen LogP) is 7.39. The fourth-order valence-electron chi connectivity index (χ4n) is 4.97. The molecule has 1 amide bonds. The van der Waals surface area contributed by atoms with E-state index in [1.807, 2.05) is 60.7 Å². The van der Waals surface area contributed by atoms with Crippen molar-refractivity contribution in [2.75, 3.05) is 13.2 Å². The summed E-state index contributed by atoms with van der Waals surface area (Å²) >= 11 is 0. The first-order valence-electron chi connectivity index (χ1n) is 13.7. The van der Waals surface area contributed by atoms with E-state index in [0.29, 0.717) is 6.07 Å². The highest BCUT2D eigenvalue weighted by atomic mass is 28.4. The van der Waals surface area contributed by atoms with E-state index < -0.39 is 49.4 Å². The molecule has 0 aromatic heterocycles. The van der Waals surface area contributed by atoms with Crippen LogP contribution < -0.4 is 20.4 Å². The average molecular weight is 606 g/mol. The zero-order valence-corrected chi connectivity index (χ0v) is 26.1. The molecule has 0 heterocycles. The quantitative estimate of drug-likeness (QED) is 0.157. The molecule has 0 bridgehead atoms. The van der Waals surface area contributed by atoms with Crippen LogP contribution in [0.25, 0.3) is 0 Å². The van der Waals surface area contributed by atoms with Gasteiger partial charge in [-0.2, -0.15) is 13.2 Å². The van der Waals surface area contributed by atoms with Gasteiger partial charge in [0.25, 0.3) is 8.32 Å². The molecule has 0 aliphatic rings. The first kappa shape index (κ1) is 33.1. The smallest absolute Gasteiger partial charge is 0.420 e. The summed E-state index contributed by atoms with van der Waals surface area (Å²) in [7, 11) is -2.96. The summed E-state index contributed by atoms with van der Waals surface area (Å²) in [5.41, 5.74) is -2.28. The molecule has 1 atom stereocenters. The predicted molar refractivity (Wildman–Crippen MR) is 158 cm³/mol. The molecule has 0 saturated carbocycles. The Labute approximate surface area is 246 Å². The lowest BCUT2D eigenvalue weighted by atomic mass is 10.0. The first-order chi connectivity index (χ1) is 19.5. The van der Waals surface area contributed by atoms with E-state index in [-0.39, 0.29) is 23.8 Å². The van der Waals surface area contributed by atoms with Crippen LogP contribution in [0.1, 0.15) is 65.6 Å². The normalized spacial score (nSPS) is 13.4. The Balaban J connectivity index is 1.95. The van der Waals surface area contributed by atoms with Gasteiger partial charge in [-0.15, -0.1) is 0 Å². The van der Waals surface area contributed by atoms with Crippen LogP contribution in [0.3, 0.4) is 0 Å². The van der Waals surface area contributed by atoms with Gasteiger partial charge in [0.15, 0.2) is 0 Å². The zero-order chi connectivity index (χ0) is 31.3. The fourth-order valence-corrected chi connectivity index (χ4v) is 9.52. The molecule has 0 aliphatic carbocycles. The van der Waals surface area contributed by atoms with Crippen LogP contribution >= 0.6 is 0 Å². The number of carbonyl (C=O) groups is 1. The van der Waals surface area contributed by atoms with E-state index in [0.717, 1.165) is 16.4 Å². The Morgan fingerprint density at radius 1 is 0.857 bits per heavy atom. The van der Waals surface area contributed by atoms with Crippen LogP contribution in [0, 0.1) is 5.82 Å². The Hall–Kier alpha value is -3.37. The molecule has 0 spiro atoms. The maximum atomic E-state index is 14.4. The van der Waals surface area contributed by atoms with Crippen LogP contribution in [0.5, 0.6) is 5.75 Å². The second-order valence-electron chi connectivity index (χ2n) is 12.1. The van der Waals surface area contributed by atoms with E-state index in [2.05, 4.69) is 26.1 Å². The number of amides is 1. The van der Waals surface area contributed by atoms with Crippen LogP contribution in [0.4, 0.5) is 22.4 Å². The summed E-state index contributed by atoms with van der Waals surface area (Å²) in [5.74, 6) is -1.68. The molecule has 3 rings (SSSR count). The van der Waals surface area contributed by atoms with E-state index in [1.54, 1.807) is 20.8 Å². The molecule has 3 aromatic carbocycles. The van der Waals surface area contributed by atoms with Gasteiger partial charge in [-0.3, -0.25) is 0 Å². The molecule has 1 N–H and O–H groups in total. The van der Waals surface area contributed by atoms with Crippen LogP contribution in [0.2, 0.25) is 5.04 Å². The number of rotatable bonds is 9. The van der Waals surface area contributed by atoms with Gasteiger partial charge in [-0.05, 0) is 55.2 Å². The number of hydrogen-bond acceptors (Lipinski definition) is 4. The number of halogens is 4. The maximum absolute atomic E-state index is 14.4. The third kappa shape index (κ3) is 7.92. The van der Waals surface area contributed by atoms with Crippen molar-refractivity contribution in [3.05, 3.63) is 89.7 Å². The number of alkyl carbamates (subject to hydrolysis) is 1. The van der Waals surface area contributed by atoms with Crippen molar-refractivity contribution < 1.29 is 36.3 Å². The first-order valence-corrected chi connectivity index (χ1v) is 15.6. The molecule has 0 unspecified atom stereocenters. The van der Waals surface area contributed by atoms with E-state index >= 15 is 0 Å². The molecule has 0 aliphatic heterocycles. The Kier molecular flexibility index (Phi) is 10.2. The monoisotopic (exact) mass is 605 g/mol. The van der Waals surface area contributed by atoms with Gasteiger partial charge < -0.3 is 19.2 Å². The highest BCUT2D eigenvalue weighted by Crippen LogP contribution is 2.41. The van der Waals surface area contributed by atoms with Crippen molar-refractivity contribution in [2.45, 2.75) is 71.3 Å². The van der Waals surface area contributed by atoms with E-state index in [9.17, 15) is 22.4 Å². The van der Waals surface area contributed by atoms with Gasteiger partial charge in [0.05, 0.1) is 12.6 Å². The zero-order valence-electron chi connectivity index (χ0n) is 25.1. The highest BCUT2D eigenvalue weighted by molar-refractivity contribution is 6.99. The Bertz CT molecular complexity index is 1300. The summed E-state index contributed by atoms with van der Waals surface area (Å²) in [5, 5.41) is 4.15. The second-order valence-corrected chi connectivity index (χ2v) is 16.4. The van der Waals surface area contributed by atoms with Crippen LogP contribution in [-0.2, 0) is 15.3 Å². The molecular formula is C32H39F4NO4Si. The summed E-state index contributed by atoms with van der Waals surface area (Å²) in [6.07, 6.45) is -5.76. The molecule has 42 heavy (non-hydrogen) atoms. The van der Waals surface area contributed by atoms with Crippen molar-refractivity contribution in [3.8, 4) is 5.75 Å². The minimum absolute atomic E-state index is 0.0325. The summed E-state index contributed by atoms with van der Waals surface area (Å²) in [4.78, 5) is 12.3. The molecule has 3 aromatic rings. The fraction of sp³-hybridized carbons (Fsp3) is 0.406. The Morgan fingerprint density at radius 2 is 1.38 bits per heavy atom.